The van der Waals surface area contributed by atoms with Gasteiger partial charge in [-0.1, -0.05) is 23.9 Å². The summed E-state index contributed by atoms with van der Waals surface area (Å²) in [5.74, 6) is -0.594. The zero-order chi connectivity index (χ0) is 15.6. The Balaban J connectivity index is 2.33. The number of aliphatic hydroxyl groups excluding tert-OH is 1. The van der Waals surface area contributed by atoms with Crippen LogP contribution >= 0.6 is 11.8 Å². The van der Waals surface area contributed by atoms with Gasteiger partial charge in [0, 0.05) is 18.0 Å². The lowest BCUT2D eigenvalue weighted by atomic mass is 10.1. The number of aliphatic hydroxyl groups is 1. The highest BCUT2D eigenvalue weighted by molar-refractivity contribution is 8.02. The first-order valence-electron chi connectivity index (χ1n) is 6.96. The number of carbonyl (C=O) groups is 2. The highest BCUT2D eigenvalue weighted by Crippen LogP contribution is 2.45. The first-order chi connectivity index (χ1) is 9.90. The smallest absolute Gasteiger partial charge is 0.252 e. The van der Waals surface area contributed by atoms with Gasteiger partial charge in [0.25, 0.3) is 5.91 Å². The van der Waals surface area contributed by atoms with E-state index < -0.39 is 10.9 Å². The number of rotatable bonds is 4. The molecule has 2 unspecified atom stereocenters. The number of para-hydroxylation sites is 1. The second-order valence-electron chi connectivity index (χ2n) is 5.21. The number of hydrogen-bond donors (Lipinski definition) is 2. The Bertz CT molecular complexity index is 562. The van der Waals surface area contributed by atoms with Gasteiger partial charge in [0.1, 0.15) is 0 Å². The predicted octanol–water partition coefficient (Wildman–Crippen LogP) is 1.40. The zero-order valence-corrected chi connectivity index (χ0v) is 13.2. The molecule has 2 N–H and O–H groups in total. The monoisotopic (exact) mass is 308 g/mol. The summed E-state index contributed by atoms with van der Waals surface area (Å²) < 4.78 is -1.21. The average molecular weight is 308 g/mol. The van der Waals surface area contributed by atoms with Crippen molar-refractivity contribution in [1.82, 2.24) is 5.32 Å². The summed E-state index contributed by atoms with van der Waals surface area (Å²) in [5.41, 5.74) is 0.843. The Morgan fingerprint density at radius 1 is 1.48 bits per heavy atom. The maximum atomic E-state index is 12.7. The lowest BCUT2D eigenvalue weighted by Gasteiger charge is -2.38. The van der Waals surface area contributed by atoms with E-state index in [1.807, 2.05) is 31.2 Å². The molecule has 2 amide bonds. The van der Waals surface area contributed by atoms with Crippen LogP contribution in [0.2, 0.25) is 0 Å². The van der Waals surface area contributed by atoms with Crippen LogP contribution in [0.5, 0.6) is 0 Å². The molecule has 2 rings (SSSR count). The lowest BCUT2D eigenvalue weighted by molar-refractivity contribution is -0.131. The third-order valence-corrected chi connectivity index (χ3v) is 4.76. The van der Waals surface area contributed by atoms with Gasteiger partial charge >= 0.3 is 0 Å². The zero-order valence-electron chi connectivity index (χ0n) is 12.4. The third kappa shape index (κ3) is 2.91. The number of fused-ring (bicyclic) bond motifs is 1. The Kier molecular flexibility index (Phi) is 4.58. The molecule has 1 aromatic rings. The fourth-order valence-electron chi connectivity index (χ4n) is 2.26. The highest BCUT2D eigenvalue weighted by Gasteiger charge is 2.48. The van der Waals surface area contributed by atoms with E-state index in [-0.39, 0.29) is 18.4 Å². The van der Waals surface area contributed by atoms with Crippen LogP contribution < -0.4 is 10.2 Å². The topological polar surface area (TPSA) is 69.6 Å². The standard InChI is InChI=1S/C15H20N2O3S/c1-4-17-11-7-5-6-8-12(11)21-15(3,14(17)20)13(19)16-9-10(2)18/h5-8,10,18H,4,9H2,1-3H3,(H,16,19). The Hall–Kier alpha value is -1.53. The summed E-state index contributed by atoms with van der Waals surface area (Å²) in [7, 11) is 0. The number of anilines is 1. The summed E-state index contributed by atoms with van der Waals surface area (Å²) in [6.07, 6.45) is -0.643. The van der Waals surface area contributed by atoms with Gasteiger partial charge in [-0.2, -0.15) is 0 Å². The third-order valence-electron chi connectivity index (χ3n) is 3.43. The molecule has 1 aliphatic rings. The van der Waals surface area contributed by atoms with E-state index in [0.717, 1.165) is 10.6 Å². The van der Waals surface area contributed by atoms with Crippen LogP contribution in [0.25, 0.3) is 0 Å². The number of amides is 2. The number of nitrogens with zero attached hydrogens (tertiary/aromatic N) is 1. The second-order valence-corrected chi connectivity index (χ2v) is 6.67. The normalized spacial score (nSPS) is 22.7. The molecule has 114 valence electrons. The van der Waals surface area contributed by atoms with Gasteiger partial charge in [-0.25, -0.2) is 0 Å². The predicted molar refractivity (Wildman–Crippen MR) is 83.4 cm³/mol. The highest BCUT2D eigenvalue weighted by atomic mass is 32.2. The summed E-state index contributed by atoms with van der Waals surface area (Å²) in [6.45, 7) is 5.76. The molecule has 0 radical (unpaired) electrons. The maximum absolute atomic E-state index is 12.7. The quantitative estimate of drug-likeness (QED) is 0.825. The van der Waals surface area contributed by atoms with E-state index >= 15 is 0 Å². The number of benzene rings is 1. The molecule has 2 atom stereocenters. The summed E-state index contributed by atoms with van der Waals surface area (Å²) in [4.78, 5) is 27.7. The molecule has 21 heavy (non-hydrogen) atoms. The van der Waals surface area contributed by atoms with Crippen molar-refractivity contribution in [3.05, 3.63) is 24.3 Å². The van der Waals surface area contributed by atoms with Gasteiger partial charge in [0.05, 0.1) is 11.8 Å². The van der Waals surface area contributed by atoms with E-state index in [2.05, 4.69) is 5.32 Å². The van der Waals surface area contributed by atoms with Crippen LogP contribution in [-0.2, 0) is 9.59 Å². The Morgan fingerprint density at radius 3 is 2.76 bits per heavy atom. The van der Waals surface area contributed by atoms with Crippen molar-refractivity contribution in [1.29, 1.82) is 0 Å². The first kappa shape index (κ1) is 15.9. The van der Waals surface area contributed by atoms with Gasteiger partial charge in [0.2, 0.25) is 5.91 Å². The van der Waals surface area contributed by atoms with Crippen LogP contribution in [0.3, 0.4) is 0 Å². The Morgan fingerprint density at radius 2 is 2.14 bits per heavy atom. The molecular formula is C15H20N2O3S. The van der Waals surface area contributed by atoms with Crippen LogP contribution in [-0.4, -0.2) is 40.9 Å². The number of carbonyl (C=O) groups excluding carboxylic acids is 2. The maximum Gasteiger partial charge on any atom is 0.252 e. The summed E-state index contributed by atoms with van der Waals surface area (Å²) in [6, 6.07) is 7.57. The van der Waals surface area contributed by atoms with Crippen molar-refractivity contribution in [2.24, 2.45) is 0 Å². The molecule has 0 aromatic heterocycles. The van der Waals surface area contributed by atoms with E-state index in [0.29, 0.717) is 6.54 Å². The number of nitrogens with one attached hydrogen (secondary N) is 1. The minimum atomic E-state index is -1.21. The molecule has 0 fully saturated rings. The van der Waals surface area contributed by atoms with Crippen molar-refractivity contribution in [3.8, 4) is 0 Å². The minimum absolute atomic E-state index is 0.135. The molecular weight excluding hydrogens is 288 g/mol. The van der Waals surface area contributed by atoms with E-state index in [4.69, 9.17) is 0 Å². The molecule has 1 aromatic carbocycles. The van der Waals surface area contributed by atoms with E-state index in [1.165, 1.54) is 11.8 Å². The molecule has 1 aliphatic heterocycles. The van der Waals surface area contributed by atoms with Crippen LogP contribution in [0, 0.1) is 0 Å². The van der Waals surface area contributed by atoms with Crippen molar-refractivity contribution in [3.63, 3.8) is 0 Å². The lowest BCUT2D eigenvalue weighted by Crippen LogP contribution is -2.57. The molecule has 0 saturated carbocycles. The van der Waals surface area contributed by atoms with E-state index in [1.54, 1.807) is 18.7 Å². The summed E-state index contributed by atoms with van der Waals surface area (Å²) in [5, 5.41) is 11.9. The van der Waals surface area contributed by atoms with Gasteiger partial charge in [-0.05, 0) is 32.9 Å². The van der Waals surface area contributed by atoms with Gasteiger partial charge in [-0.15, -0.1) is 0 Å². The van der Waals surface area contributed by atoms with Crippen LogP contribution in [0.1, 0.15) is 20.8 Å². The second kappa shape index (κ2) is 6.07. The molecule has 0 spiro atoms. The number of hydrogen-bond acceptors (Lipinski definition) is 4. The molecule has 0 saturated heterocycles. The molecule has 1 heterocycles. The first-order valence-corrected chi connectivity index (χ1v) is 7.78. The van der Waals surface area contributed by atoms with Crippen molar-refractivity contribution in [2.45, 2.75) is 36.5 Å². The van der Waals surface area contributed by atoms with Crippen LogP contribution in [0.4, 0.5) is 5.69 Å². The van der Waals surface area contributed by atoms with Crippen molar-refractivity contribution < 1.29 is 14.7 Å². The van der Waals surface area contributed by atoms with Gasteiger partial charge in [-0.3, -0.25) is 9.59 Å². The number of thioether (sulfide) groups is 1. The largest absolute Gasteiger partial charge is 0.392 e. The van der Waals surface area contributed by atoms with E-state index in [9.17, 15) is 14.7 Å². The van der Waals surface area contributed by atoms with Gasteiger partial charge in [0.15, 0.2) is 4.75 Å². The Labute approximate surface area is 128 Å². The molecule has 5 nitrogen and oxygen atoms in total. The fraction of sp³-hybridized carbons (Fsp3) is 0.467. The molecule has 0 bridgehead atoms. The average Bonchev–Trinajstić information content (AvgIpc) is 2.46. The summed E-state index contributed by atoms with van der Waals surface area (Å²) >= 11 is 1.26. The SMILES string of the molecule is CCN1C(=O)C(C)(C(=O)NCC(C)O)Sc2ccccc21. The van der Waals surface area contributed by atoms with Crippen molar-refractivity contribution >= 4 is 29.3 Å². The van der Waals surface area contributed by atoms with Crippen LogP contribution in [0.15, 0.2) is 29.2 Å². The fourth-order valence-corrected chi connectivity index (χ4v) is 3.50. The molecule has 0 aliphatic carbocycles. The van der Waals surface area contributed by atoms with Gasteiger partial charge < -0.3 is 15.3 Å². The van der Waals surface area contributed by atoms with Crippen molar-refractivity contribution in [2.75, 3.05) is 18.0 Å². The minimum Gasteiger partial charge on any atom is -0.392 e. The molecule has 6 heteroatoms.